The Morgan fingerprint density at radius 2 is 1.12 bits per heavy atom. The highest BCUT2D eigenvalue weighted by atomic mass is 31.2. The van der Waals surface area contributed by atoms with Gasteiger partial charge in [0.2, 0.25) is 0 Å². The molecule has 4 aliphatic heterocycles. The Morgan fingerprint density at radius 3 is 1.70 bits per heavy atom. The average molecular weight is 455 g/mol. The molecule has 4 heteroatoms. The van der Waals surface area contributed by atoms with E-state index in [2.05, 4.69) is 37.3 Å². The van der Waals surface area contributed by atoms with Crippen molar-refractivity contribution < 1.29 is 14.0 Å². The standard InChI is InChI=1S/C29H27O3P/c1-22-16-23-12-14-25(22)20-31-19-24-13-15-26(21-32-18-23)29(17-24)33(30,27-8-4-2-5-9-27)28-10-6-3-7-11-28/h2-17H,18-21H2,1H3. The number of rotatable bonds is 3. The topological polar surface area (TPSA) is 35.5 Å². The first kappa shape index (κ1) is 21.9. The van der Waals surface area contributed by atoms with Crippen LogP contribution in [0.2, 0.25) is 0 Å². The summed E-state index contributed by atoms with van der Waals surface area (Å²) in [6.07, 6.45) is 0. The molecule has 0 aliphatic carbocycles. The molecular weight excluding hydrogens is 427 g/mol. The van der Waals surface area contributed by atoms with Crippen molar-refractivity contribution in [3.8, 4) is 0 Å². The number of hydrogen-bond donors (Lipinski definition) is 0. The summed E-state index contributed by atoms with van der Waals surface area (Å²) in [5.74, 6) is 0. The Morgan fingerprint density at radius 1 is 0.606 bits per heavy atom. The molecule has 4 heterocycles. The molecule has 0 aromatic heterocycles. The van der Waals surface area contributed by atoms with Crippen molar-refractivity contribution in [2.75, 3.05) is 0 Å². The molecule has 166 valence electrons. The molecule has 4 aliphatic rings. The highest BCUT2D eigenvalue weighted by molar-refractivity contribution is 7.85. The largest absolute Gasteiger partial charge is 0.372 e. The Bertz CT molecular complexity index is 1260. The van der Waals surface area contributed by atoms with Gasteiger partial charge in [-0.1, -0.05) is 91.0 Å². The zero-order valence-corrected chi connectivity index (χ0v) is 19.6. The summed E-state index contributed by atoms with van der Waals surface area (Å²) >= 11 is 0. The second-order valence-corrected chi connectivity index (χ2v) is 11.2. The van der Waals surface area contributed by atoms with Gasteiger partial charge >= 0.3 is 0 Å². The van der Waals surface area contributed by atoms with E-state index < -0.39 is 7.14 Å². The monoisotopic (exact) mass is 454 g/mol. The summed E-state index contributed by atoms with van der Waals surface area (Å²) in [6.45, 7) is 4.00. The Kier molecular flexibility index (Phi) is 6.28. The zero-order chi connectivity index (χ0) is 22.7. The lowest BCUT2D eigenvalue weighted by atomic mass is 10.1. The summed E-state index contributed by atoms with van der Waals surface area (Å²) < 4.78 is 27.2. The number of benzene rings is 4. The lowest BCUT2D eigenvalue weighted by Gasteiger charge is -2.24. The van der Waals surface area contributed by atoms with E-state index >= 15 is 4.57 Å². The normalized spacial score (nSPS) is 14.2. The van der Waals surface area contributed by atoms with Gasteiger partial charge in [0.15, 0.2) is 7.14 Å². The van der Waals surface area contributed by atoms with Crippen LogP contribution in [0.4, 0.5) is 0 Å². The van der Waals surface area contributed by atoms with Crippen molar-refractivity contribution >= 4 is 23.1 Å². The van der Waals surface area contributed by atoms with Gasteiger partial charge in [0.05, 0.1) is 26.4 Å². The van der Waals surface area contributed by atoms with E-state index in [1.165, 1.54) is 11.1 Å². The van der Waals surface area contributed by atoms with Crippen LogP contribution in [-0.2, 0) is 40.5 Å². The fourth-order valence-electron chi connectivity index (χ4n) is 4.38. The lowest BCUT2D eigenvalue weighted by molar-refractivity contribution is 0.103. The van der Waals surface area contributed by atoms with E-state index in [9.17, 15) is 0 Å². The first-order chi connectivity index (χ1) is 16.1. The van der Waals surface area contributed by atoms with Crippen molar-refractivity contribution in [3.05, 3.63) is 125 Å². The van der Waals surface area contributed by atoms with E-state index in [0.717, 1.165) is 32.6 Å². The molecule has 0 fully saturated rings. The Balaban J connectivity index is 1.63. The molecule has 0 atom stereocenters. The van der Waals surface area contributed by atoms with Crippen LogP contribution in [0.5, 0.6) is 0 Å². The predicted octanol–water partition coefficient (Wildman–Crippen LogP) is 5.38. The molecule has 0 unspecified atom stereocenters. The summed E-state index contributed by atoms with van der Waals surface area (Å²) in [4.78, 5) is 0. The molecule has 8 rings (SSSR count). The lowest BCUT2D eigenvalue weighted by Crippen LogP contribution is -2.28. The van der Waals surface area contributed by atoms with Crippen LogP contribution in [0.25, 0.3) is 0 Å². The molecule has 0 N–H and O–H groups in total. The van der Waals surface area contributed by atoms with Crippen molar-refractivity contribution in [2.45, 2.75) is 33.4 Å². The maximum Gasteiger partial charge on any atom is 0.171 e. The van der Waals surface area contributed by atoms with Crippen LogP contribution in [0.1, 0.15) is 27.8 Å². The Labute approximate surface area is 195 Å². The molecule has 4 bridgehead atoms. The summed E-state index contributed by atoms with van der Waals surface area (Å²) in [5.41, 5.74) is 5.46. The highest BCUT2D eigenvalue weighted by Gasteiger charge is 2.32. The van der Waals surface area contributed by atoms with Crippen LogP contribution in [0, 0.1) is 6.92 Å². The van der Waals surface area contributed by atoms with Gasteiger partial charge in [0, 0.05) is 15.9 Å². The molecule has 0 saturated heterocycles. The number of ether oxygens (including phenoxy) is 2. The molecule has 0 amide bonds. The quantitative estimate of drug-likeness (QED) is 0.390. The van der Waals surface area contributed by atoms with Crippen LogP contribution in [0.15, 0.2) is 97.1 Å². The summed E-state index contributed by atoms with van der Waals surface area (Å²) in [5, 5.41) is 2.47. The van der Waals surface area contributed by atoms with E-state index in [0.29, 0.717) is 26.4 Å². The fraction of sp³-hybridized carbons (Fsp3) is 0.172. The molecule has 3 nitrogen and oxygen atoms in total. The van der Waals surface area contributed by atoms with Gasteiger partial charge in [-0.2, -0.15) is 0 Å². The van der Waals surface area contributed by atoms with Crippen molar-refractivity contribution in [1.29, 1.82) is 0 Å². The van der Waals surface area contributed by atoms with Gasteiger partial charge in [-0.25, -0.2) is 0 Å². The van der Waals surface area contributed by atoms with Crippen molar-refractivity contribution in [3.63, 3.8) is 0 Å². The molecular formula is C29H27O3P. The molecule has 0 radical (unpaired) electrons. The first-order valence-electron chi connectivity index (χ1n) is 11.2. The maximum atomic E-state index is 15.0. The Hall–Kier alpha value is -2.97. The maximum absolute atomic E-state index is 15.0. The van der Waals surface area contributed by atoms with E-state index in [-0.39, 0.29) is 0 Å². The summed E-state index contributed by atoms with van der Waals surface area (Å²) in [6, 6.07) is 32.1. The van der Waals surface area contributed by atoms with Crippen LogP contribution >= 0.6 is 7.14 Å². The van der Waals surface area contributed by atoms with Crippen LogP contribution in [-0.4, -0.2) is 0 Å². The van der Waals surface area contributed by atoms with Crippen LogP contribution < -0.4 is 15.9 Å². The zero-order valence-electron chi connectivity index (χ0n) is 18.7. The molecule has 4 aromatic carbocycles. The fourth-order valence-corrected chi connectivity index (χ4v) is 7.31. The first-order valence-corrected chi connectivity index (χ1v) is 12.9. The number of hydrogen-bond acceptors (Lipinski definition) is 3. The minimum atomic E-state index is -3.11. The predicted molar refractivity (Wildman–Crippen MR) is 134 cm³/mol. The van der Waals surface area contributed by atoms with Gasteiger partial charge in [-0.05, 0) is 40.8 Å². The third kappa shape index (κ3) is 4.45. The van der Waals surface area contributed by atoms with Crippen LogP contribution in [0.3, 0.4) is 0 Å². The minimum absolute atomic E-state index is 0.390. The van der Waals surface area contributed by atoms with E-state index in [1.54, 1.807) is 0 Å². The van der Waals surface area contributed by atoms with E-state index in [4.69, 9.17) is 9.47 Å². The second-order valence-electron chi connectivity index (χ2n) is 8.49. The molecule has 33 heavy (non-hydrogen) atoms. The summed E-state index contributed by atoms with van der Waals surface area (Å²) in [7, 11) is -3.11. The third-order valence-electron chi connectivity index (χ3n) is 6.19. The average Bonchev–Trinajstić information content (AvgIpc) is 2.86. The highest BCUT2D eigenvalue weighted by Crippen LogP contribution is 2.43. The van der Waals surface area contributed by atoms with Gasteiger partial charge in [-0.15, -0.1) is 0 Å². The molecule has 0 saturated carbocycles. The van der Waals surface area contributed by atoms with E-state index in [1.807, 2.05) is 66.7 Å². The van der Waals surface area contributed by atoms with Crippen molar-refractivity contribution in [1.82, 2.24) is 0 Å². The molecule has 4 aromatic rings. The SMILES string of the molecule is Cc1cc2ccc1COCc1ccc(c(P(=O)(c3ccccc3)c3ccccc3)c1)COC2. The molecule has 0 spiro atoms. The smallest absolute Gasteiger partial charge is 0.171 e. The third-order valence-corrected chi connectivity index (χ3v) is 9.33. The number of aryl methyl sites for hydroxylation is 1. The van der Waals surface area contributed by atoms with Gasteiger partial charge in [0.1, 0.15) is 0 Å². The minimum Gasteiger partial charge on any atom is -0.372 e. The van der Waals surface area contributed by atoms with Gasteiger partial charge in [0.25, 0.3) is 0 Å². The van der Waals surface area contributed by atoms with Gasteiger partial charge in [-0.3, -0.25) is 0 Å². The van der Waals surface area contributed by atoms with Gasteiger partial charge < -0.3 is 14.0 Å². The second kappa shape index (κ2) is 9.49. The van der Waals surface area contributed by atoms with Crippen molar-refractivity contribution in [2.24, 2.45) is 0 Å².